The van der Waals surface area contributed by atoms with Gasteiger partial charge in [-0.05, 0) is 60.0 Å². The van der Waals surface area contributed by atoms with E-state index in [1.54, 1.807) is 18.2 Å². The average molecular weight is 391 g/mol. The van der Waals surface area contributed by atoms with E-state index in [0.717, 1.165) is 34.6 Å². The molecule has 1 heterocycles. The van der Waals surface area contributed by atoms with Crippen LogP contribution < -0.4 is 10.2 Å². The van der Waals surface area contributed by atoms with E-state index in [0.29, 0.717) is 12.2 Å². The second-order valence-corrected chi connectivity index (χ2v) is 6.97. The van der Waals surface area contributed by atoms with Crippen molar-refractivity contribution in [3.8, 4) is 0 Å². The van der Waals surface area contributed by atoms with Crippen molar-refractivity contribution in [2.24, 2.45) is 4.99 Å². The lowest BCUT2D eigenvalue weighted by Gasteiger charge is -2.23. The fourth-order valence-electron chi connectivity index (χ4n) is 3.47. The molecule has 1 aliphatic rings. The number of aryl methyl sites for hydroxylation is 1. The third-order valence-electron chi connectivity index (χ3n) is 4.99. The minimum Gasteiger partial charge on any atom is -0.344 e. The van der Waals surface area contributed by atoms with Gasteiger partial charge in [0, 0.05) is 30.3 Å². The number of carbonyl (C=O) groups is 1. The molecule has 0 atom stereocenters. The molecule has 0 aliphatic carbocycles. The summed E-state index contributed by atoms with van der Waals surface area (Å²) in [5.74, 6) is -2.62. The number of halogens is 2. The van der Waals surface area contributed by atoms with Crippen LogP contribution in [0.5, 0.6) is 0 Å². The van der Waals surface area contributed by atoms with Crippen LogP contribution in [0.3, 0.4) is 0 Å². The molecule has 4 nitrogen and oxygen atoms in total. The molecule has 1 amide bonds. The zero-order valence-corrected chi connectivity index (χ0v) is 16.0. The first kappa shape index (κ1) is 18.8. The maximum Gasteiger partial charge on any atom is 0.261 e. The number of anilines is 3. The number of hydrogen-bond donors (Lipinski definition) is 1. The van der Waals surface area contributed by atoms with Crippen LogP contribution in [0.15, 0.2) is 59.6 Å². The van der Waals surface area contributed by atoms with Crippen LogP contribution in [0.2, 0.25) is 0 Å². The smallest absolute Gasteiger partial charge is 0.261 e. The molecule has 29 heavy (non-hydrogen) atoms. The number of nitrogens with zero attached hydrogens (tertiary/aromatic N) is 2. The Kier molecular flexibility index (Phi) is 4.84. The molecule has 0 saturated carbocycles. The Bertz CT molecular complexity index is 1120. The second-order valence-electron chi connectivity index (χ2n) is 6.97. The first-order chi connectivity index (χ1) is 13.9. The number of nitrogens with one attached hydrogen (secondary N) is 1. The van der Waals surface area contributed by atoms with Gasteiger partial charge in [0.2, 0.25) is 0 Å². The van der Waals surface area contributed by atoms with Gasteiger partial charge < -0.3 is 10.2 Å². The van der Waals surface area contributed by atoms with Crippen LogP contribution in [0, 0.1) is 18.6 Å². The van der Waals surface area contributed by atoms with Gasteiger partial charge in [-0.2, -0.15) is 0 Å². The van der Waals surface area contributed by atoms with Crippen molar-refractivity contribution in [2.45, 2.75) is 13.5 Å². The zero-order valence-electron chi connectivity index (χ0n) is 16.0. The van der Waals surface area contributed by atoms with Crippen molar-refractivity contribution in [1.82, 2.24) is 0 Å². The van der Waals surface area contributed by atoms with Crippen molar-refractivity contribution in [2.75, 3.05) is 17.3 Å². The second kappa shape index (κ2) is 7.47. The topological polar surface area (TPSA) is 44.7 Å². The van der Waals surface area contributed by atoms with Crippen molar-refractivity contribution < 1.29 is 13.6 Å². The number of amides is 1. The normalized spacial score (nSPS) is 12.0. The van der Waals surface area contributed by atoms with Crippen molar-refractivity contribution in [3.05, 3.63) is 88.5 Å². The summed E-state index contributed by atoms with van der Waals surface area (Å²) in [5.41, 5.74) is 5.10. The summed E-state index contributed by atoms with van der Waals surface area (Å²) in [6.45, 7) is 2.74. The lowest BCUT2D eigenvalue weighted by Crippen LogP contribution is -2.16. The van der Waals surface area contributed by atoms with Crippen LogP contribution >= 0.6 is 0 Å². The molecule has 0 radical (unpaired) electrons. The minimum atomic E-state index is -0.897. The molecule has 146 valence electrons. The van der Waals surface area contributed by atoms with E-state index in [-0.39, 0.29) is 0 Å². The van der Waals surface area contributed by atoms with Gasteiger partial charge >= 0.3 is 0 Å². The summed E-state index contributed by atoms with van der Waals surface area (Å²) in [5, 5.41) is 2.58. The number of aliphatic imine (C=N–C) groups is 1. The molecule has 1 aliphatic heterocycles. The predicted octanol–water partition coefficient (Wildman–Crippen LogP) is 5.23. The SMILES string of the molecule is Cc1cc2c(cc1N(C)c1cccc(NC(=O)c3c(F)cccc3F)c1)C=NC2. The molecule has 0 spiro atoms. The number of hydrogen-bond acceptors (Lipinski definition) is 3. The van der Waals surface area contributed by atoms with E-state index in [9.17, 15) is 13.6 Å². The number of fused-ring (bicyclic) bond motifs is 1. The fourth-order valence-corrected chi connectivity index (χ4v) is 3.47. The van der Waals surface area contributed by atoms with Crippen molar-refractivity contribution in [3.63, 3.8) is 0 Å². The van der Waals surface area contributed by atoms with Gasteiger partial charge in [-0.15, -0.1) is 0 Å². The quantitative estimate of drug-likeness (QED) is 0.662. The number of rotatable bonds is 4. The monoisotopic (exact) mass is 391 g/mol. The first-order valence-corrected chi connectivity index (χ1v) is 9.16. The summed E-state index contributed by atoms with van der Waals surface area (Å²) in [6, 6.07) is 14.7. The molecular formula is C23H19F2N3O. The number of carbonyl (C=O) groups excluding carboxylic acids is 1. The molecule has 6 heteroatoms. The van der Waals surface area contributed by atoms with Crippen LogP contribution in [0.25, 0.3) is 0 Å². The van der Waals surface area contributed by atoms with Crippen LogP contribution in [0.4, 0.5) is 25.8 Å². The molecule has 1 N–H and O–H groups in total. The molecule has 3 aromatic carbocycles. The molecule has 0 unspecified atom stereocenters. The highest BCUT2D eigenvalue weighted by molar-refractivity contribution is 6.05. The highest BCUT2D eigenvalue weighted by Crippen LogP contribution is 2.32. The maximum atomic E-state index is 13.9. The largest absolute Gasteiger partial charge is 0.344 e. The van der Waals surface area contributed by atoms with Gasteiger partial charge in [-0.3, -0.25) is 9.79 Å². The van der Waals surface area contributed by atoms with Crippen LogP contribution in [-0.2, 0) is 6.54 Å². The molecule has 0 fully saturated rings. The molecular weight excluding hydrogens is 372 g/mol. The number of benzene rings is 3. The van der Waals surface area contributed by atoms with E-state index in [1.165, 1.54) is 11.6 Å². The van der Waals surface area contributed by atoms with E-state index in [4.69, 9.17) is 0 Å². The standard InChI is InChI=1S/C23H19F2N3O/c1-14-9-15-12-26-13-16(15)10-21(14)28(2)18-6-3-5-17(11-18)27-23(29)22-19(24)7-4-8-20(22)25/h3-11,13H,12H2,1-2H3,(H,27,29). The fraction of sp³-hybridized carbons (Fsp3) is 0.130. The van der Waals surface area contributed by atoms with E-state index in [1.807, 2.05) is 31.2 Å². The van der Waals surface area contributed by atoms with E-state index < -0.39 is 23.1 Å². The average Bonchev–Trinajstić information content (AvgIpc) is 3.14. The Morgan fingerprint density at radius 1 is 1.07 bits per heavy atom. The van der Waals surface area contributed by atoms with Crippen molar-refractivity contribution >= 4 is 29.2 Å². The molecule has 0 saturated heterocycles. The minimum absolute atomic E-state index is 0.447. The molecule has 4 rings (SSSR count). The van der Waals surface area contributed by atoms with E-state index in [2.05, 4.69) is 22.4 Å². The van der Waals surface area contributed by atoms with Crippen LogP contribution in [0.1, 0.15) is 27.0 Å². The summed E-state index contributed by atoms with van der Waals surface area (Å²) in [7, 11) is 1.93. The third-order valence-corrected chi connectivity index (χ3v) is 4.99. The van der Waals surface area contributed by atoms with Crippen LogP contribution in [-0.4, -0.2) is 19.2 Å². The Balaban J connectivity index is 1.61. The highest BCUT2D eigenvalue weighted by Gasteiger charge is 2.18. The Morgan fingerprint density at radius 3 is 2.55 bits per heavy atom. The van der Waals surface area contributed by atoms with Gasteiger partial charge in [0.05, 0.1) is 6.54 Å². The van der Waals surface area contributed by atoms with E-state index >= 15 is 0 Å². The Hall–Kier alpha value is -3.54. The van der Waals surface area contributed by atoms with Gasteiger partial charge in [0.25, 0.3) is 5.91 Å². The lowest BCUT2D eigenvalue weighted by atomic mass is 10.0. The molecule has 3 aromatic rings. The Labute approximate surface area is 167 Å². The summed E-state index contributed by atoms with van der Waals surface area (Å²) >= 11 is 0. The molecule has 0 bridgehead atoms. The Morgan fingerprint density at radius 2 is 1.79 bits per heavy atom. The summed E-state index contributed by atoms with van der Waals surface area (Å²) in [6.07, 6.45) is 1.87. The highest BCUT2D eigenvalue weighted by atomic mass is 19.1. The predicted molar refractivity (Wildman–Crippen MR) is 111 cm³/mol. The first-order valence-electron chi connectivity index (χ1n) is 9.16. The van der Waals surface area contributed by atoms with Gasteiger partial charge in [0.1, 0.15) is 17.2 Å². The van der Waals surface area contributed by atoms with Crippen molar-refractivity contribution in [1.29, 1.82) is 0 Å². The van der Waals surface area contributed by atoms with Gasteiger partial charge in [-0.1, -0.05) is 18.2 Å². The zero-order chi connectivity index (χ0) is 20.5. The maximum absolute atomic E-state index is 13.9. The van der Waals surface area contributed by atoms with Gasteiger partial charge in [0.15, 0.2) is 0 Å². The summed E-state index contributed by atoms with van der Waals surface area (Å²) in [4.78, 5) is 18.7. The van der Waals surface area contributed by atoms with Gasteiger partial charge in [-0.25, -0.2) is 8.78 Å². The third kappa shape index (κ3) is 3.61. The summed E-state index contributed by atoms with van der Waals surface area (Å²) < 4.78 is 27.7. The molecule has 0 aromatic heterocycles. The lowest BCUT2D eigenvalue weighted by molar-refractivity contribution is 0.101.